The summed E-state index contributed by atoms with van der Waals surface area (Å²) in [5.74, 6) is -0.0922. The van der Waals surface area contributed by atoms with Crippen LogP contribution in [0, 0.1) is 19.8 Å². The van der Waals surface area contributed by atoms with E-state index < -0.39 is 15.0 Å². The Kier molecular flexibility index (Phi) is 5.59. The summed E-state index contributed by atoms with van der Waals surface area (Å²) in [5, 5.41) is 0. The van der Waals surface area contributed by atoms with Crippen molar-refractivity contribution in [2.75, 3.05) is 6.61 Å². The minimum absolute atomic E-state index is 0.0550. The Morgan fingerprint density at radius 1 is 1.25 bits per heavy atom. The summed E-state index contributed by atoms with van der Waals surface area (Å²) in [7, 11) is 1.48. The molecule has 0 aromatic heterocycles. The summed E-state index contributed by atoms with van der Waals surface area (Å²) in [5.41, 5.74) is 1.41. The fraction of sp³-hybridized carbons (Fsp3) is 0.500. The number of hydrogen-bond donors (Lipinski definition) is 0. The van der Waals surface area contributed by atoms with Gasteiger partial charge < -0.3 is 4.74 Å². The summed E-state index contributed by atoms with van der Waals surface area (Å²) < 4.78 is 28.1. The van der Waals surface area contributed by atoms with Gasteiger partial charge in [0.15, 0.2) is 0 Å². The molecule has 112 valence electrons. The number of carbonyl (C=O) groups is 1. The fourth-order valence-corrected chi connectivity index (χ4v) is 2.98. The highest BCUT2D eigenvalue weighted by Gasteiger charge is 2.19. The van der Waals surface area contributed by atoms with Gasteiger partial charge in [-0.25, -0.2) is 13.2 Å². The predicted molar refractivity (Wildman–Crippen MR) is 78.7 cm³/mol. The second-order valence-corrected chi connectivity index (χ2v) is 7.72. The molecule has 0 saturated heterocycles. The Morgan fingerprint density at radius 2 is 1.85 bits per heavy atom. The van der Waals surface area contributed by atoms with Crippen LogP contribution < -0.4 is 0 Å². The lowest BCUT2D eigenvalue weighted by atomic mass is 10.1. The Hall–Kier alpha value is -1.07. The van der Waals surface area contributed by atoms with Gasteiger partial charge in [0.05, 0.1) is 17.1 Å². The lowest BCUT2D eigenvalue weighted by Gasteiger charge is -2.11. The van der Waals surface area contributed by atoms with Gasteiger partial charge in [0.1, 0.15) is 0 Å². The molecule has 4 nitrogen and oxygen atoms in total. The van der Waals surface area contributed by atoms with E-state index in [2.05, 4.69) is 0 Å². The summed E-state index contributed by atoms with van der Waals surface area (Å²) in [6.07, 6.45) is 0.761. The maximum Gasteiger partial charge on any atom is 0.338 e. The molecule has 0 unspecified atom stereocenters. The monoisotopic (exact) mass is 318 g/mol. The first-order chi connectivity index (χ1) is 9.12. The van der Waals surface area contributed by atoms with E-state index in [1.165, 1.54) is 6.07 Å². The molecule has 0 aliphatic carbocycles. The minimum atomic E-state index is -3.88. The molecule has 20 heavy (non-hydrogen) atoms. The van der Waals surface area contributed by atoms with Crippen molar-refractivity contribution in [2.24, 2.45) is 5.92 Å². The van der Waals surface area contributed by atoms with Gasteiger partial charge in [-0.15, -0.1) is 0 Å². The van der Waals surface area contributed by atoms with Crippen molar-refractivity contribution in [3.63, 3.8) is 0 Å². The van der Waals surface area contributed by atoms with Gasteiger partial charge in [-0.2, -0.15) is 0 Å². The molecular formula is C14H19ClO4S. The van der Waals surface area contributed by atoms with E-state index in [1.54, 1.807) is 19.9 Å². The van der Waals surface area contributed by atoms with Crippen LogP contribution in [0.1, 0.15) is 41.8 Å². The average molecular weight is 319 g/mol. The SMILES string of the molecule is Cc1cc(C)c(S(=O)(=O)Cl)cc1C(=O)OCCC(C)C. The number of aryl methyl sites for hydroxylation is 2. The average Bonchev–Trinajstić information content (AvgIpc) is 2.26. The Morgan fingerprint density at radius 3 is 2.35 bits per heavy atom. The molecule has 0 atom stereocenters. The quantitative estimate of drug-likeness (QED) is 0.616. The van der Waals surface area contributed by atoms with Gasteiger partial charge in [-0.1, -0.05) is 19.9 Å². The molecule has 0 saturated carbocycles. The zero-order chi connectivity index (χ0) is 15.5. The summed E-state index contributed by atoms with van der Waals surface area (Å²) in [6, 6.07) is 2.90. The normalized spacial score (nSPS) is 11.7. The van der Waals surface area contributed by atoms with Crippen molar-refractivity contribution >= 4 is 25.7 Å². The van der Waals surface area contributed by atoms with Gasteiger partial charge >= 0.3 is 5.97 Å². The van der Waals surface area contributed by atoms with Crippen molar-refractivity contribution in [1.29, 1.82) is 0 Å². The number of carbonyl (C=O) groups excluding carboxylic acids is 1. The number of ether oxygens (including phenoxy) is 1. The molecule has 1 rings (SSSR count). The molecule has 0 radical (unpaired) electrons. The smallest absolute Gasteiger partial charge is 0.338 e. The molecule has 0 amide bonds. The zero-order valence-corrected chi connectivity index (χ0v) is 13.6. The summed E-state index contributed by atoms with van der Waals surface area (Å²) >= 11 is 0. The summed E-state index contributed by atoms with van der Waals surface area (Å²) in [6.45, 7) is 7.74. The van der Waals surface area contributed by atoms with Crippen LogP contribution in [-0.4, -0.2) is 21.0 Å². The minimum Gasteiger partial charge on any atom is -0.462 e. The van der Waals surface area contributed by atoms with Gasteiger partial charge in [0.2, 0.25) is 0 Å². The van der Waals surface area contributed by atoms with E-state index >= 15 is 0 Å². The number of esters is 1. The first-order valence-corrected chi connectivity index (χ1v) is 8.67. The third kappa shape index (κ3) is 4.49. The third-order valence-corrected chi connectivity index (χ3v) is 4.40. The third-order valence-electron chi connectivity index (χ3n) is 2.93. The molecular weight excluding hydrogens is 300 g/mol. The van der Waals surface area contributed by atoms with Crippen LogP contribution >= 0.6 is 10.7 Å². The molecule has 0 aliphatic rings. The standard InChI is InChI=1S/C14H19ClO4S/c1-9(2)5-6-19-14(16)12-8-13(20(15,17)18)11(4)7-10(12)3/h7-9H,5-6H2,1-4H3. The van der Waals surface area contributed by atoms with E-state index in [1.807, 2.05) is 13.8 Å². The van der Waals surface area contributed by atoms with Crippen molar-refractivity contribution < 1.29 is 17.9 Å². The van der Waals surface area contributed by atoms with Crippen LogP contribution in [0.5, 0.6) is 0 Å². The van der Waals surface area contributed by atoms with Crippen LogP contribution in [0.4, 0.5) is 0 Å². The first kappa shape index (κ1) is 17.0. The lowest BCUT2D eigenvalue weighted by molar-refractivity contribution is 0.0487. The van der Waals surface area contributed by atoms with Crippen molar-refractivity contribution in [2.45, 2.75) is 39.0 Å². The van der Waals surface area contributed by atoms with E-state index in [0.717, 1.165) is 6.42 Å². The highest BCUT2D eigenvalue weighted by atomic mass is 35.7. The van der Waals surface area contributed by atoms with E-state index in [4.69, 9.17) is 15.4 Å². The van der Waals surface area contributed by atoms with Crippen LogP contribution in [0.25, 0.3) is 0 Å². The van der Waals surface area contributed by atoms with Crippen LogP contribution in [0.3, 0.4) is 0 Å². The zero-order valence-electron chi connectivity index (χ0n) is 12.1. The molecule has 0 aliphatic heterocycles. The molecule has 0 fully saturated rings. The van der Waals surface area contributed by atoms with Gasteiger partial charge in [-0.05, 0) is 43.4 Å². The van der Waals surface area contributed by atoms with Crippen molar-refractivity contribution in [1.82, 2.24) is 0 Å². The molecule has 0 bridgehead atoms. The van der Waals surface area contributed by atoms with E-state index in [-0.39, 0.29) is 10.5 Å². The van der Waals surface area contributed by atoms with Gasteiger partial charge in [0.25, 0.3) is 9.05 Å². The molecule has 0 N–H and O–H groups in total. The van der Waals surface area contributed by atoms with Crippen molar-refractivity contribution in [3.8, 4) is 0 Å². The Balaban J connectivity index is 3.04. The molecule has 1 aromatic carbocycles. The second-order valence-electron chi connectivity index (χ2n) is 5.19. The fourth-order valence-electron chi connectivity index (χ4n) is 1.78. The lowest BCUT2D eigenvalue weighted by Crippen LogP contribution is -2.11. The maximum absolute atomic E-state index is 12.0. The van der Waals surface area contributed by atoms with Crippen LogP contribution in [-0.2, 0) is 13.8 Å². The first-order valence-electron chi connectivity index (χ1n) is 6.36. The van der Waals surface area contributed by atoms with E-state index in [0.29, 0.717) is 23.7 Å². The number of benzene rings is 1. The van der Waals surface area contributed by atoms with Crippen LogP contribution in [0.2, 0.25) is 0 Å². The highest BCUT2D eigenvalue weighted by molar-refractivity contribution is 8.13. The topological polar surface area (TPSA) is 60.4 Å². The van der Waals surface area contributed by atoms with E-state index in [9.17, 15) is 13.2 Å². The summed E-state index contributed by atoms with van der Waals surface area (Å²) in [4.78, 5) is 11.9. The highest BCUT2D eigenvalue weighted by Crippen LogP contribution is 2.24. The molecule has 1 aromatic rings. The second kappa shape index (κ2) is 6.59. The maximum atomic E-state index is 12.0. The van der Waals surface area contributed by atoms with Gasteiger partial charge in [-0.3, -0.25) is 0 Å². The largest absolute Gasteiger partial charge is 0.462 e. The predicted octanol–water partition coefficient (Wildman–Crippen LogP) is 3.43. The Labute approximate surface area is 124 Å². The molecule has 6 heteroatoms. The number of halogens is 1. The number of hydrogen-bond acceptors (Lipinski definition) is 4. The van der Waals surface area contributed by atoms with Crippen LogP contribution in [0.15, 0.2) is 17.0 Å². The number of rotatable bonds is 5. The van der Waals surface area contributed by atoms with Crippen molar-refractivity contribution in [3.05, 3.63) is 28.8 Å². The molecule has 0 heterocycles. The van der Waals surface area contributed by atoms with Gasteiger partial charge in [0, 0.05) is 10.7 Å². The molecule has 0 spiro atoms. The Bertz CT molecular complexity index is 606.